The molecule has 1 fully saturated rings. The van der Waals surface area contributed by atoms with Crippen LogP contribution in [0.15, 0.2) is 17.0 Å². The summed E-state index contributed by atoms with van der Waals surface area (Å²) in [6.07, 6.45) is 8.23. The van der Waals surface area contributed by atoms with E-state index in [4.69, 9.17) is 4.52 Å². The Morgan fingerprint density at radius 1 is 1.31 bits per heavy atom. The van der Waals surface area contributed by atoms with Crippen LogP contribution in [0.25, 0.3) is 11.4 Å². The highest BCUT2D eigenvalue weighted by atomic mass is 16.5. The van der Waals surface area contributed by atoms with Crippen molar-refractivity contribution in [2.24, 2.45) is 0 Å². The smallest absolute Gasteiger partial charge is 0.198 e. The van der Waals surface area contributed by atoms with Crippen molar-refractivity contribution in [2.75, 3.05) is 18.0 Å². The van der Waals surface area contributed by atoms with Crippen molar-refractivity contribution >= 4 is 5.69 Å². The van der Waals surface area contributed by atoms with Gasteiger partial charge in [0.2, 0.25) is 0 Å². The average molecular weight is 216 g/mol. The topological polar surface area (TPSA) is 67.9 Å². The van der Waals surface area contributed by atoms with E-state index >= 15 is 0 Å². The average Bonchev–Trinajstić information content (AvgIpc) is 3.03. The van der Waals surface area contributed by atoms with E-state index in [-0.39, 0.29) is 0 Å². The minimum Gasteiger partial charge on any atom is -0.368 e. The maximum atomic E-state index is 4.73. The summed E-state index contributed by atoms with van der Waals surface area (Å²) in [5.41, 5.74) is 2.34. The highest BCUT2D eigenvalue weighted by Gasteiger charge is 2.19. The first kappa shape index (κ1) is 9.26. The van der Waals surface area contributed by atoms with Crippen molar-refractivity contribution in [3.63, 3.8) is 0 Å². The summed E-state index contributed by atoms with van der Waals surface area (Å²) in [6.45, 7) is 2.07. The molecular formula is C10H10N5O. The zero-order chi connectivity index (χ0) is 10.8. The van der Waals surface area contributed by atoms with Crippen LogP contribution in [0.2, 0.25) is 0 Å². The molecular weight excluding hydrogens is 206 g/mol. The van der Waals surface area contributed by atoms with Gasteiger partial charge in [-0.15, -0.1) is 5.10 Å². The molecule has 0 spiro atoms. The van der Waals surface area contributed by atoms with E-state index in [0.29, 0.717) is 5.69 Å². The van der Waals surface area contributed by atoms with Crippen molar-refractivity contribution < 1.29 is 4.52 Å². The maximum Gasteiger partial charge on any atom is 0.198 e. The SMILES string of the molecule is [c]1ncc(N2CCCC2)c(-c2conn2)n1. The van der Waals surface area contributed by atoms with Gasteiger partial charge >= 0.3 is 0 Å². The second kappa shape index (κ2) is 3.88. The van der Waals surface area contributed by atoms with E-state index in [9.17, 15) is 0 Å². The van der Waals surface area contributed by atoms with Crippen LogP contribution in [0, 0.1) is 6.33 Å². The first-order chi connectivity index (χ1) is 7.95. The summed E-state index contributed by atoms with van der Waals surface area (Å²) >= 11 is 0. The van der Waals surface area contributed by atoms with Crippen LogP contribution in [0.4, 0.5) is 5.69 Å². The van der Waals surface area contributed by atoms with E-state index in [0.717, 1.165) is 24.5 Å². The second-order valence-electron chi connectivity index (χ2n) is 3.69. The van der Waals surface area contributed by atoms with Gasteiger partial charge in [0.1, 0.15) is 5.69 Å². The predicted octanol–water partition coefficient (Wildman–Crippen LogP) is 0.927. The number of rotatable bonds is 2. The molecule has 6 heteroatoms. The third kappa shape index (κ3) is 1.52. The van der Waals surface area contributed by atoms with Crippen LogP contribution in [-0.4, -0.2) is 33.4 Å². The van der Waals surface area contributed by atoms with Crippen LogP contribution in [-0.2, 0) is 0 Å². The Labute approximate surface area is 92.3 Å². The normalized spacial score (nSPS) is 15.6. The molecule has 3 heterocycles. The van der Waals surface area contributed by atoms with Crippen LogP contribution in [0.1, 0.15) is 12.8 Å². The molecule has 81 valence electrons. The number of anilines is 1. The lowest BCUT2D eigenvalue weighted by Gasteiger charge is -2.18. The Morgan fingerprint density at radius 3 is 2.94 bits per heavy atom. The van der Waals surface area contributed by atoms with Gasteiger partial charge in [-0.2, -0.15) is 0 Å². The summed E-state index contributed by atoms with van der Waals surface area (Å²) in [5.74, 6) is 0. The van der Waals surface area contributed by atoms with Gasteiger partial charge in [0, 0.05) is 18.4 Å². The zero-order valence-corrected chi connectivity index (χ0v) is 8.63. The molecule has 0 unspecified atom stereocenters. The van der Waals surface area contributed by atoms with Crippen molar-refractivity contribution in [2.45, 2.75) is 12.8 Å². The third-order valence-corrected chi connectivity index (χ3v) is 2.70. The van der Waals surface area contributed by atoms with Gasteiger partial charge in [-0.05, 0) is 12.8 Å². The van der Waals surface area contributed by atoms with Crippen LogP contribution in [0.5, 0.6) is 0 Å². The molecule has 1 aliphatic heterocycles. The van der Waals surface area contributed by atoms with E-state index in [1.54, 1.807) is 6.20 Å². The molecule has 1 saturated heterocycles. The molecule has 0 atom stereocenters. The van der Waals surface area contributed by atoms with Gasteiger partial charge in [0.05, 0.1) is 11.9 Å². The molecule has 0 aliphatic carbocycles. The highest BCUT2D eigenvalue weighted by Crippen LogP contribution is 2.28. The minimum absolute atomic E-state index is 0.626. The van der Waals surface area contributed by atoms with Crippen molar-refractivity contribution in [3.8, 4) is 11.4 Å². The monoisotopic (exact) mass is 216 g/mol. The van der Waals surface area contributed by atoms with Crippen molar-refractivity contribution in [3.05, 3.63) is 18.8 Å². The number of nitrogens with zero attached hydrogens (tertiary/aromatic N) is 5. The lowest BCUT2D eigenvalue weighted by Crippen LogP contribution is -2.19. The van der Waals surface area contributed by atoms with Gasteiger partial charge in [-0.3, -0.25) is 0 Å². The van der Waals surface area contributed by atoms with E-state index in [1.807, 2.05) is 0 Å². The molecule has 0 saturated carbocycles. The Hall–Kier alpha value is -1.98. The van der Waals surface area contributed by atoms with E-state index in [1.165, 1.54) is 19.1 Å². The van der Waals surface area contributed by atoms with Gasteiger partial charge in [-0.1, -0.05) is 0 Å². The first-order valence-corrected chi connectivity index (χ1v) is 5.20. The lowest BCUT2D eigenvalue weighted by atomic mass is 10.2. The summed E-state index contributed by atoms with van der Waals surface area (Å²) < 4.78 is 4.73. The molecule has 2 aromatic heterocycles. The molecule has 1 radical (unpaired) electrons. The Morgan fingerprint density at radius 2 is 2.19 bits per heavy atom. The van der Waals surface area contributed by atoms with E-state index in [2.05, 4.69) is 31.6 Å². The quantitative estimate of drug-likeness (QED) is 0.743. The third-order valence-electron chi connectivity index (χ3n) is 2.70. The van der Waals surface area contributed by atoms with Crippen molar-refractivity contribution in [1.82, 2.24) is 20.3 Å². The van der Waals surface area contributed by atoms with Gasteiger partial charge < -0.3 is 9.42 Å². The fraction of sp³-hybridized carbons (Fsp3) is 0.400. The largest absolute Gasteiger partial charge is 0.368 e. The van der Waals surface area contributed by atoms with Gasteiger partial charge in [-0.25, -0.2) is 9.97 Å². The Balaban J connectivity index is 2.04. The maximum absolute atomic E-state index is 4.73. The second-order valence-corrected chi connectivity index (χ2v) is 3.69. The number of hydrogen-bond donors (Lipinski definition) is 0. The Bertz CT molecular complexity index is 464. The summed E-state index contributed by atoms with van der Waals surface area (Å²) in [4.78, 5) is 10.3. The van der Waals surface area contributed by atoms with Crippen molar-refractivity contribution in [1.29, 1.82) is 0 Å². The van der Waals surface area contributed by atoms with Gasteiger partial charge in [0.25, 0.3) is 0 Å². The molecule has 1 aliphatic rings. The predicted molar refractivity (Wildman–Crippen MR) is 55.6 cm³/mol. The van der Waals surface area contributed by atoms with E-state index < -0.39 is 0 Å². The van der Waals surface area contributed by atoms with Crippen LogP contribution >= 0.6 is 0 Å². The molecule has 0 aromatic carbocycles. The highest BCUT2D eigenvalue weighted by molar-refractivity contribution is 5.70. The summed E-state index contributed by atoms with van der Waals surface area (Å²) in [6, 6.07) is 0. The molecule has 0 N–H and O–H groups in total. The number of hydrogen-bond acceptors (Lipinski definition) is 6. The fourth-order valence-electron chi connectivity index (χ4n) is 1.93. The molecule has 2 aromatic rings. The lowest BCUT2D eigenvalue weighted by molar-refractivity contribution is 0.393. The molecule has 3 rings (SSSR count). The first-order valence-electron chi connectivity index (χ1n) is 5.20. The fourth-order valence-corrected chi connectivity index (χ4v) is 1.93. The van der Waals surface area contributed by atoms with Crippen LogP contribution in [0.3, 0.4) is 0 Å². The molecule has 0 bridgehead atoms. The Kier molecular flexibility index (Phi) is 2.25. The molecule has 6 nitrogen and oxygen atoms in total. The van der Waals surface area contributed by atoms with Crippen LogP contribution < -0.4 is 4.90 Å². The minimum atomic E-state index is 0.626. The number of aromatic nitrogens is 4. The van der Waals surface area contributed by atoms with Gasteiger partial charge in [0.15, 0.2) is 18.3 Å². The zero-order valence-electron chi connectivity index (χ0n) is 8.63. The summed E-state index contributed by atoms with van der Waals surface area (Å²) in [7, 11) is 0. The molecule has 16 heavy (non-hydrogen) atoms. The molecule has 0 amide bonds. The standard InChI is InChI=1S/C10H10N5O/c1-2-4-15(3-1)9-5-11-7-12-10(9)8-6-16-14-13-8/h5-6H,1-4H2. The summed E-state index contributed by atoms with van der Waals surface area (Å²) in [5, 5.41) is 7.31.